The molecule has 7 heteroatoms. The van der Waals surface area contributed by atoms with Crippen molar-refractivity contribution < 1.29 is 13.6 Å². The minimum atomic E-state index is -0.987. The first-order valence-electron chi connectivity index (χ1n) is 7.54. The highest BCUT2D eigenvalue weighted by molar-refractivity contribution is 6.30. The molecule has 4 nitrogen and oxygen atoms in total. The highest BCUT2D eigenvalue weighted by Gasteiger charge is 2.21. The van der Waals surface area contributed by atoms with E-state index in [4.69, 9.17) is 11.6 Å². The Morgan fingerprint density at radius 3 is 2.42 bits per heavy atom. The van der Waals surface area contributed by atoms with Crippen molar-refractivity contribution >= 4 is 29.0 Å². The number of piperazine rings is 1. The van der Waals surface area contributed by atoms with Gasteiger partial charge in [-0.25, -0.2) is 13.6 Å². The predicted octanol–water partition coefficient (Wildman–Crippen LogP) is 3.97. The predicted molar refractivity (Wildman–Crippen MR) is 90.6 cm³/mol. The molecule has 0 saturated carbocycles. The first-order chi connectivity index (χ1) is 11.5. The fourth-order valence-corrected chi connectivity index (χ4v) is 2.80. The number of halogens is 3. The molecule has 2 amide bonds. The van der Waals surface area contributed by atoms with E-state index in [1.807, 2.05) is 24.3 Å². The lowest BCUT2D eigenvalue weighted by Crippen LogP contribution is -2.50. The average Bonchev–Trinajstić information content (AvgIpc) is 2.58. The highest BCUT2D eigenvalue weighted by atomic mass is 35.5. The van der Waals surface area contributed by atoms with Crippen LogP contribution >= 0.6 is 11.6 Å². The average molecular weight is 352 g/mol. The molecule has 1 N–H and O–H groups in total. The van der Waals surface area contributed by atoms with E-state index >= 15 is 0 Å². The Morgan fingerprint density at radius 2 is 1.75 bits per heavy atom. The summed E-state index contributed by atoms with van der Waals surface area (Å²) >= 11 is 6.00. The van der Waals surface area contributed by atoms with Crippen LogP contribution in [0, 0.1) is 11.6 Å². The van der Waals surface area contributed by atoms with Gasteiger partial charge in [-0.3, -0.25) is 0 Å². The third kappa shape index (κ3) is 3.76. The zero-order valence-electron chi connectivity index (χ0n) is 12.8. The summed E-state index contributed by atoms with van der Waals surface area (Å²) in [5, 5.41) is 3.26. The van der Waals surface area contributed by atoms with Crippen molar-refractivity contribution in [3.05, 3.63) is 59.1 Å². The van der Waals surface area contributed by atoms with E-state index in [1.54, 1.807) is 4.90 Å². The van der Waals surface area contributed by atoms with Gasteiger partial charge in [0.2, 0.25) is 0 Å². The molecule has 2 aromatic rings. The summed E-state index contributed by atoms with van der Waals surface area (Å²) in [6.07, 6.45) is 0. The van der Waals surface area contributed by atoms with Crippen LogP contribution in [-0.4, -0.2) is 37.1 Å². The SMILES string of the molecule is O=C(Nc1ccc(F)c(F)c1)N1CCN(c2cccc(Cl)c2)CC1. The second kappa shape index (κ2) is 7.05. The van der Waals surface area contributed by atoms with Gasteiger partial charge in [0.25, 0.3) is 0 Å². The summed E-state index contributed by atoms with van der Waals surface area (Å²) in [6.45, 7) is 2.40. The van der Waals surface area contributed by atoms with Crippen LogP contribution < -0.4 is 10.2 Å². The van der Waals surface area contributed by atoms with E-state index in [1.165, 1.54) is 6.07 Å². The minimum absolute atomic E-state index is 0.233. The van der Waals surface area contributed by atoms with E-state index in [0.29, 0.717) is 31.2 Å². The number of benzene rings is 2. The summed E-state index contributed by atoms with van der Waals surface area (Å²) in [6, 6.07) is 10.5. The second-order valence-corrected chi connectivity index (χ2v) is 5.95. The zero-order chi connectivity index (χ0) is 17.1. The molecule has 1 fully saturated rings. The summed E-state index contributed by atoms with van der Waals surface area (Å²) in [7, 11) is 0. The Balaban J connectivity index is 1.58. The molecule has 0 spiro atoms. The third-order valence-electron chi connectivity index (χ3n) is 3.91. The van der Waals surface area contributed by atoms with Crippen LogP contribution in [0.25, 0.3) is 0 Å². The third-order valence-corrected chi connectivity index (χ3v) is 4.15. The van der Waals surface area contributed by atoms with Gasteiger partial charge >= 0.3 is 6.03 Å². The Hall–Kier alpha value is -2.34. The van der Waals surface area contributed by atoms with Crippen LogP contribution in [0.2, 0.25) is 5.02 Å². The van der Waals surface area contributed by atoms with Crippen LogP contribution in [0.5, 0.6) is 0 Å². The fraction of sp³-hybridized carbons (Fsp3) is 0.235. The van der Waals surface area contributed by atoms with Gasteiger partial charge in [-0.1, -0.05) is 17.7 Å². The lowest BCUT2D eigenvalue weighted by atomic mass is 10.2. The molecule has 0 atom stereocenters. The smallest absolute Gasteiger partial charge is 0.321 e. The molecule has 1 heterocycles. The molecule has 126 valence electrons. The Bertz CT molecular complexity index is 748. The van der Waals surface area contributed by atoms with E-state index in [2.05, 4.69) is 10.2 Å². The molecular formula is C17H16ClF2N3O. The van der Waals surface area contributed by atoms with E-state index < -0.39 is 11.6 Å². The first kappa shape index (κ1) is 16.5. The first-order valence-corrected chi connectivity index (χ1v) is 7.92. The summed E-state index contributed by atoms with van der Waals surface area (Å²) in [5.74, 6) is -1.93. The number of hydrogen-bond acceptors (Lipinski definition) is 2. The largest absolute Gasteiger partial charge is 0.368 e. The van der Waals surface area contributed by atoms with Gasteiger partial charge in [-0.05, 0) is 30.3 Å². The molecule has 1 aliphatic rings. The minimum Gasteiger partial charge on any atom is -0.368 e. The molecule has 0 aromatic heterocycles. The van der Waals surface area contributed by atoms with Crippen LogP contribution in [0.4, 0.5) is 25.0 Å². The van der Waals surface area contributed by atoms with Crippen molar-refractivity contribution in [1.82, 2.24) is 4.90 Å². The van der Waals surface area contributed by atoms with Crippen LogP contribution in [0.3, 0.4) is 0 Å². The lowest BCUT2D eigenvalue weighted by molar-refractivity contribution is 0.208. The molecule has 1 saturated heterocycles. The molecule has 0 radical (unpaired) electrons. The lowest BCUT2D eigenvalue weighted by Gasteiger charge is -2.36. The van der Waals surface area contributed by atoms with Crippen molar-refractivity contribution in [1.29, 1.82) is 0 Å². The van der Waals surface area contributed by atoms with Gasteiger partial charge in [-0.15, -0.1) is 0 Å². The second-order valence-electron chi connectivity index (χ2n) is 5.51. The number of carbonyl (C=O) groups excluding carboxylic acids is 1. The van der Waals surface area contributed by atoms with Crippen LogP contribution in [-0.2, 0) is 0 Å². The molecule has 0 aliphatic carbocycles. The van der Waals surface area contributed by atoms with Crippen molar-refractivity contribution in [2.24, 2.45) is 0 Å². The number of amides is 2. The van der Waals surface area contributed by atoms with Crippen molar-refractivity contribution in [3.8, 4) is 0 Å². The van der Waals surface area contributed by atoms with Crippen molar-refractivity contribution in [2.75, 3.05) is 36.4 Å². The van der Waals surface area contributed by atoms with Gasteiger partial charge in [0, 0.05) is 48.6 Å². The van der Waals surface area contributed by atoms with Gasteiger partial charge in [0.1, 0.15) is 0 Å². The Morgan fingerprint density at radius 1 is 1.00 bits per heavy atom. The van der Waals surface area contributed by atoms with Crippen molar-refractivity contribution in [2.45, 2.75) is 0 Å². The summed E-state index contributed by atoms with van der Waals surface area (Å²) < 4.78 is 26.1. The number of urea groups is 1. The van der Waals surface area contributed by atoms with E-state index in [9.17, 15) is 13.6 Å². The van der Waals surface area contributed by atoms with Gasteiger partial charge in [-0.2, -0.15) is 0 Å². The maximum absolute atomic E-state index is 13.2. The summed E-state index contributed by atoms with van der Waals surface area (Å²) in [4.78, 5) is 16.0. The van der Waals surface area contributed by atoms with E-state index in [0.717, 1.165) is 17.8 Å². The highest BCUT2D eigenvalue weighted by Crippen LogP contribution is 2.21. The van der Waals surface area contributed by atoms with Gasteiger partial charge in [0.15, 0.2) is 11.6 Å². The number of carbonyl (C=O) groups is 1. The maximum Gasteiger partial charge on any atom is 0.321 e. The normalized spacial score (nSPS) is 14.6. The standard InChI is InChI=1S/C17H16ClF2N3O/c18-12-2-1-3-14(10-12)22-6-8-23(9-7-22)17(24)21-13-4-5-15(19)16(20)11-13/h1-5,10-11H,6-9H2,(H,21,24). The monoisotopic (exact) mass is 351 g/mol. The van der Waals surface area contributed by atoms with Crippen LogP contribution in [0.15, 0.2) is 42.5 Å². The molecule has 1 aliphatic heterocycles. The van der Waals surface area contributed by atoms with Gasteiger partial charge in [0.05, 0.1) is 0 Å². The molecule has 2 aromatic carbocycles. The van der Waals surface area contributed by atoms with Gasteiger partial charge < -0.3 is 15.1 Å². The number of hydrogen-bond donors (Lipinski definition) is 1. The quantitative estimate of drug-likeness (QED) is 0.888. The zero-order valence-corrected chi connectivity index (χ0v) is 13.6. The van der Waals surface area contributed by atoms with Crippen molar-refractivity contribution in [3.63, 3.8) is 0 Å². The number of nitrogens with one attached hydrogen (secondary N) is 1. The number of rotatable bonds is 2. The Labute approximate surface area is 143 Å². The summed E-state index contributed by atoms with van der Waals surface area (Å²) in [5.41, 5.74) is 1.25. The topological polar surface area (TPSA) is 35.6 Å². The molecule has 24 heavy (non-hydrogen) atoms. The molecule has 0 unspecified atom stereocenters. The van der Waals surface area contributed by atoms with E-state index in [-0.39, 0.29) is 11.7 Å². The molecule has 3 rings (SSSR count). The van der Waals surface area contributed by atoms with Crippen LogP contribution in [0.1, 0.15) is 0 Å². The maximum atomic E-state index is 13.2. The molecular weight excluding hydrogens is 336 g/mol. The number of nitrogens with zero attached hydrogens (tertiary/aromatic N) is 2. The number of anilines is 2. The fourth-order valence-electron chi connectivity index (χ4n) is 2.62. The molecule has 0 bridgehead atoms. The Kier molecular flexibility index (Phi) is 4.85.